The van der Waals surface area contributed by atoms with E-state index >= 15 is 0 Å². The van der Waals surface area contributed by atoms with Crippen molar-refractivity contribution in [2.45, 2.75) is 12.8 Å². The average molecular weight is 321 g/mol. The minimum Gasteiger partial charge on any atom is -0.294 e. The first-order valence-electron chi connectivity index (χ1n) is 6.14. The van der Waals surface area contributed by atoms with Gasteiger partial charge in [-0.1, -0.05) is 48.1 Å². The average Bonchev–Trinajstić information content (AvgIpc) is 2.92. The first-order chi connectivity index (χ1) is 9.65. The van der Waals surface area contributed by atoms with Crippen molar-refractivity contribution in [3.8, 4) is 0 Å². The van der Waals surface area contributed by atoms with Gasteiger partial charge in [0.25, 0.3) is 0 Å². The summed E-state index contributed by atoms with van der Waals surface area (Å²) in [5.74, 6) is 0.0236. The van der Waals surface area contributed by atoms with Crippen molar-refractivity contribution in [3.05, 3.63) is 63.3 Å². The number of allylic oxidation sites excluding steroid dienone is 1. The van der Waals surface area contributed by atoms with Crippen molar-refractivity contribution >= 4 is 51.9 Å². The van der Waals surface area contributed by atoms with Crippen molar-refractivity contribution in [1.29, 1.82) is 0 Å². The highest BCUT2D eigenvalue weighted by atomic mass is 35.5. The maximum atomic E-state index is 11.8. The highest BCUT2D eigenvalue weighted by Gasteiger charge is 2.06. The van der Waals surface area contributed by atoms with Crippen LogP contribution < -0.4 is 0 Å². The van der Waals surface area contributed by atoms with Gasteiger partial charge in [-0.2, -0.15) is 0 Å². The molecular formula is C16H13ClOS2. The zero-order valence-corrected chi connectivity index (χ0v) is 13.1. The van der Waals surface area contributed by atoms with Gasteiger partial charge in [0.1, 0.15) is 0 Å². The second-order valence-corrected chi connectivity index (χ2v) is 6.26. The van der Waals surface area contributed by atoms with Gasteiger partial charge in [0.05, 0.1) is 0 Å². The molecule has 0 radical (unpaired) electrons. The molecule has 0 aliphatic heterocycles. The normalized spacial score (nSPS) is 10.8. The Morgan fingerprint density at radius 3 is 2.75 bits per heavy atom. The van der Waals surface area contributed by atoms with Crippen LogP contribution in [0.2, 0.25) is 5.02 Å². The Bertz CT molecular complexity index is 630. The Morgan fingerprint density at radius 2 is 2.05 bits per heavy atom. The molecule has 0 atom stereocenters. The Balaban J connectivity index is 1.88. The van der Waals surface area contributed by atoms with Crippen molar-refractivity contribution < 1.29 is 4.79 Å². The lowest BCUT2D eigenvalue weighted by Gasteiger charge is -2.04. The number of thiophene rings is 1. The molecule has 0 N–H and O–H groups in total. The quantitative estimate of drug-likeness (QED) is 0.551. The van der Waals surface area contributed by atoms with Crippen molar-refractivity contribution in [2.24, 2.45) is 0 Å². The zero-order valence-electron chi connectivity index (χ0n) is 10.7. The summed E-state index contributed by atoms with van der Waals surface area (Å²) < 4.78 is 0. The van der Waals surface area contributed by atoms with Crippen molar-refractivity contribution in [3.63, 3.8) is 0 Å². The molecule has 0 aliphatic carbocycles. The van der Waals surface area contributed by atoms with Crippen LogP contribution in [0.5, 0.6) is 0 Å². The fourth-order valence-electron chi connectivity index (χ4n) is 1.73. The smallest absolute Gasteiger partial charge is 0.160 e. The third-order valence-electron chi connectivity index (χ3n) is 2.69. The first kappa shape index (κ1) is 15.1. The van der Waals surface area contributed by atoms with E-state index in [4.69, 9.17) is 23.8 Å². The molecule has 0 amide bonds. The summed E-state index contributed by atoms with van der Waals surface area (Å²) in [5.41, 5.74) is 0.967. The molecule has 0 bridgehead atoms. The van der Waals surface area contributed by atoms with Gasteiger partial charge in [-0.3, -0.25) is 4.79 Å². The molecule has 0 aliphatic rings. The molecule has 1 aromatic heterocycles. The Kier molecular flexibility index (Phi) is 5.65. The van der Waals surface area contributed by atoms with Gasteiger partial charge in [0, 0.05) is 27.6 Å². The summed E-state index contributed by atoms with van der Waals surface area (Å²) in [4.78, 5) is 13.6. The highest BCUT2D eigenvalue weighted by Crippen LogP contribution is 2.17. The summed E-state index contributed by atoms with van der Waals surface area (Å²) >= 11 is 13.0. The summed E-state index contributed by atoms with van der Waals surface area (Å²) in [5, 5.41) is 2.67. The summed E-state index contributed by atoms with van der Waals surface area (Å²) in [7, 11) is 0. The molecule has 1 aromatic carbocycles. The SMILES string of the molecule is O=C(/C=C/c1cccs1)CC(=S)Cc1ccccc1Cl. The van der Waals surface area contributed by atoms with Gasteiger partial charge in [0.15, 0.2) is 5.78 Å². The van der Waals surface area contributed by atoms with Crippen LogP contribution in [0.4, 0.5) is 0 Å². The highest BCUT2D eigenvalue weighted by molar-refractivity contribution is 7.80. The van der Waals surface area contributed by atoms with Crippen LogP contribution in [0.1, 0.15) is 16.9 Å². The van der Waals surface area contributed by atoms with Crippen LogP contribution in [0.15, 0.2) is 47.9 Å². The monoisotopic (exact) mass is 320 g/mol. The number of hydrogen-bond acceptors (Lipinski definition) is 3. The number of thiocarbonyl (C=S) groups is 1. The second kappa shape index (κ2) is 7.48. The van der Waals surface area contributed by atoms with E-state index in [-0.39, 0.29) is 12.2 Å². The Morgan fingerprint density at radius 1 is 1.25 bits per heavy atom. The lowest BCUT2D eigenvalue weighted by Crippen LogP contribution is -2.06. The van der Waals surface area contributed by atoms with E-state index < -0.39 is 0 Å². The van der Waals surface area contributed by atoms with E-state index in [2.05, 4.69) is 0 Å². The number of carbonyl (C=O) groups excluding carboxylic acids is 1. The van der Waals surface area contributed by atoms with Crippen LogP contribution in [-0.4, -0.2) is 10.6 Å². The van der Waals surface area contributed by atoms with E-state index in [1.54, 1.807) is 17.4 Å². The number of benzene rings is 1. The molecule has 102 valence electrons. The van der Waals surface area contributed by atoms with E-state index in [0.29, 0.717) is 16.3 Å². The number of hydrogen-bond donors (Lipinski definition) is 0. The molecule has 0 fully saturated rings. The molecule has 0 saturated heterocycles. The summed E-state index contributed by atoms with van der Waals surface area (Å²) in [6.07, 6.45) is 4.26. The van der Waals surface area contributed by atoms with E-state index in [0.717, 1.165) is 10.4 Å². The van der Waals surface area contributed by atoms with Gasteiger partial charge in [-0.05, 0) is 35.2 Å². The Labute approximate surface area is 132 Å². The second-order valence-electron chi connectivity index (χ2n) is 4.30. The first-order valence-corrected chi connectivity index (χ1v) is 7.81. The largest absolute Gasteiger partial charge is 0.294 e. The lowest BCUT2D eigenvalue weighted by atomic mass is 10.1. The number of rotatable bonds is 6. The van der Waals surface area contributed by atoms with Gasteiger partial charge < -0.3 is 0 Å². The lowest BCUT2D eigenvalue weighted by molar-refractivity contribution is -0.113. The minimum atomic E-state index is 0.0236. The molecule has 0 saturated carbocycles. The molecule has 0 unspecified atom stereocenters. The molecular weight excluding hydrogens is 308 g/mol. The van der Waals surface area contributed by atoms with Gasteiger partial charge in [0.2, 0.25) is 0 Å². The number of carbonyl (C=O) groups is 1. The predicted molar refractivity (Wildman–Crippen MR) is 90.7 cm³/mol. The van der Waals surface area contributed by atoms with E-state index in [9.17, 15) is 4.79 Å². The van der Waals surface area contributed by atoms with Crippen molar-refractivity contribution in [2.75, 3.05) is 0 Å². The molecule has 0 spiro atoms. The predicted octanol–water partition coefficient (Wildman–Crippen LogP) is 4.99. The fourth-order valence-corrected chi connectivity index (χ4v) is 2.85. The molecule has 1 nitrogen and oxygen atoms in total. The van der Waals surface area contributed by atoms with Gasteiger partial charge >= 0.3 is 0 Å². The third kappa shape index (κ3) is 4.67. The van der Waals surface area contributed by atoms with Gasteiger partial charge in [-0.25, -0.2) is 0 Å². The number of halogens is 1. The van der Waals surface area contributed by atoms with E-state index in [1.807, 2.05) is 47.9 Å². The molecule has 20 heavy (non-hydrogen) atoms. The standard InChI is InChI=1S/C16H13ClOS2/c17-16-6-2-1-4-12(16)10-14(19)11-13(18)7-8-15-5-3-9-20-15/h1-9H,10-11H2/b8-7+. The molecule has 2 aromatic rings. The molecule has 4 heteroatoms. The van der Waals surface area contributed by atoms with Crippen LogP contribution in [-0.2, 0) is 11.2 Å². The maximum absolute atomic E-state index is 11.8. The summed E-state index contributed by atoms with van der Waals surface area (Å²) in [6.45, 7) is 0. The maximum Gasteiger partial charge on any atom is 0.160 e. The fraction of sp³-hybridized carbons (Fsp3) is 0.125. The summed E-state index contributed by atoms with van der Waals surface area (Å²) in [6, 6.07) is 11.5. The third-order valence-corrected chi connectivity index (χ3v) is 4.19. The Hall–Kier alpha value is -1.29. The van der Waals surface area contributed by atoms with Crippen LogP contribution >= 0.6 is 35.2 Å². The molecule has 2 rings (SSSR count). The van der Waals surface area contributed by atoms with Crippen LogP contribution in [0, 0.1) is 0 Å². The van der Waals surface area contributed by atoms with E-state index in [1.165, 1.54) is 0 Å². The zero-order chi connectivity index (χ0) is 14.4. The van der Waals surface area contributed by atoms with Gasteiger partial charge in [-0.15, -0.1) is 11.3 Å². The number of ketones is 1. The minimum absolute atomic E-state index is 0.0236. The van der Waals surface area contributed by atoms with Crippen LogP contribution in [0.25, 0.3) is 6.08 Å². The van der Waals surface area contributed by atoms with Crippen molar-refractivity contribution in [1.82, 2.24) is 0 Å². The molecule has 1 heterocycles. The topological polar surface area (TPSA) is 17.1 Å². The van der Waals surface area contributed by atoms with Crippen LogP contribution in [0.3, 0.4) is 0 Å².